The normalized spacial score (nSPS) is 10.8. The van der Waals surface area contributed by atoms with Crippen LogP contribution in [0.2, 0.25) is 0 Å². The molecule has 3 N–H and O–H groups in total. The number of nitrogens with zero attached hydrogens (tertiary/aromatic N) is 1. The summed E-state index contributed by atoms with van der Waals surface area (Å²) in [5, 5.41) is 2.97. The van der Waals surface area contributed by atoms with Crippen molar-refractivity contribution in [2.75, 3.05) is 19.0 Å². The maximum atomic E-state index is 13.6. The summed E-state index contributed by atoms with van der Waals surface area (Å²) in [4.78, 5) is 4.20. The Morgan fingerprint density at radius 3 is 2.83 bits per heavy atom. The number of nitrogens with two attached hydrogens (primary N) is 1. The molecular weight excluding hydrogens is 476 g/mol. The zero-order valence-electron chi connectivity index (χ0n) is 12.6. The fraction of sp³-hybridized carbons (Fsp3) is 0.188. The number of methoxy groups -OCH3 is 1. The molecule has 0 atom stereocenters. The van der Waals surface area contributed by atoms with Gasteiger partial charge in [0.25, 0.3) is 0 Å². The van der Waals surface area contributed by atoms with Crippen molar-refractivity contribution < 1.29 is 9.13 Å². The van der Waals surface area contributed by atoms with Crippen LogP contribution in [0.4, 0.5) is 10.1 Å². The van der Waals surface area contributed by atoms with Crippen LogP contribution in [0, 0.1) is 5.82 Å². The summed E-state index contributed by atoms with van der Waals surface area (Å²) in [6.45, 7) is 0.399. The molecule has 0 amide bonds. The molecule has 124 valence electrons. The van der Waals surface area contributed by atoms with Crippen LogP contribution in [-0.4, -0.2) is 19.6 Å². The van der Waals surface area contributed by atoms with E-state index >= 15 is 0 Å². The molecule has 0 unspecified atom stereocenters. The first-order valence-corrected chi connectivity index (χ1v) is 7.52. The molecule has 2 aromatic rings. The van der Waals surface area contributed by atoms with E-state index < -0.39 is 0 Å². The third-order valence-electron chi connectivity index (χ3n) is 3.01. The Kier molecular flexibility index (Phi) is 8.32. The molecule has 0 fully saturated rings. The van der Waals surface area contributed by atoms with Gasteiger partial charge in [-0.15, -0.1) is 24.0 Å². The summed E-state index contributed by atoms with van der Waals surface area (Å²) in [6, 6.07) is 12.2. The molecule has 0 saturated carbocycles. The lowest BCUT2D eigenvalue weighted by molar-refractivity contribution is 0.415. The second-order valence-corrected chi connectivity index (χ2v) is 5.53. The molecule has 0 saturated heterocycles. The van der Waals surface area contributed by atoms with Crippen LogP contribution in [0.3, 0.4) is 0 Å². The van der Waals surface area contributed by atoms with Crippen molar-refractivity contribution >= 4 is 51.6 Å². The number of nitrogens with one attached hydrogen (secondary N) is 1. The molecule has 4 nitrogen and oxygen atoms in total. The lowest BCUT2D eigenvalue weighted by atomic mass is 10.1. The number of halogens is 3. The van der Waals surface area contributed by atoms with Crippen LogP contribution in [0.25, 0.3) is 0 Å². The average Bonchev–Trinajstić information content (AvgIpc) is 2.51. The Bertz CT molecular complexity index is 682. The van der Waals surface area contributed by atoms with Crippen LogP contribution < -0.4 is 15.8 Å². The highest BCUT2D eigenvalue weighted by Crippen LogP contribution is 2.17. The number of rotatable bonds is 5. The molecule has 2 aromatic carbocycles. The summed E-state index contributed by atoms with van der Waals surface area (Å²) in [7, 11) is 1.60. The van der Waals surface area contributed by atoms with Gasteiger partial charge >= 0.3 is 0 Å². The molecule has 0 aliphatic carbocycles. The molecule has 0 aliphatic heterocycles. The van der Waals surface area contributed by atoms with Gasteiger partial charge in [-0.05, 0) is 42.3 Å². The Balaban J connectivity index is 0.00000264. The highest BCUT2D eigenvalue weighted by Gasteiger charge is 2.03. The number of anilines is 1. The quantitative estimate of drug-likeness (QED) is 0.373. The monoisotopic (exact) mass is 493 g/mol. The van der Waals surface area contributed by atoms with E-state index in [1.165, 1.54) is 6.07 Å². The number of hydrogen-bond donors (Lipinski definition) is 2. The SMILES string of the molecule is COc1cccc(NC(N)=NCCc2cc(Br)ccc2F)c1.I. The van der Waals surface area contributed by atoms with Gasteiger partial charge in [0.1, 0.15) is 11.6 Å². The van der Waals surface area contributed by atoms with Crippen molar-refractivity contribution in [3.63, 3.8) is 0 Å². The van der Waals surface area contributed by atoms with Gasteiger partial charge < -0.3 is 15.8 Å². The molecule has 2 rings (SSSR count). The van der Waals surface area contributed by atoms with Crippen molar-refractivity contribution in [3.05, 3.63) is 58.3 Å². The Hall–Kier alpha value is -1.35. The topological polar surface area (TPSA) is 59.6 Å². The number of ether oxygens (including phenoxy) is 1. The molecule has 7 heteroatoms. The summed E-state index contributed by atoms with van der Waals surface area (Å²) < 4.78 is 19.6. The van der Waals surface area contributed by atoms with Gasteiger partial charge in [-0.2, -0.15) is 0 Å². The van der Waals surface area contributed by atoms with Crippen LogP contribution in [-0.2, 0) is 6.42 Å². The number of benzene rings is 2. The maximum Gasteiger partial charge on any atom is 0.193 e. The van der Waals surface area contributed by atoms with Gasteiger partial charge in [-0.25, -0.2) is 4.39 Å². The van der Waals surface area contributed by atoms with E-state index in [-0.39, 0.29) is 35.8 Å². The lowest BCUT2D eigenvalue weighted by Crippen LogP contribution is -2.23. The average molecular weight is 494 g/mol. The molecule has 0 heterocycles. The minimum Gasteiger partial charge on any atom is -0.497 e. The zero-order chi connectivity index (χ0) is 15.9. The summed E-state index contributed by atoms with van der Waals surface area (Å²) >= 11 is 3.32. The highest BCUT2D eigenvalue weighted by atomic mass is 127. The van der Waals surface area contributed by atoms with Crippen molar-refractivity contribution in [1.29, 1.82) is 0 Å². The van der Waals surface area contributed by atoms with Crippen molar-refractivity contribution in [2.24, 2.45) is 10.7 Å². The fourth-order valence-electron chi connectivity index (χ4n) is 1.92. The predicted octanol–water partition coefficient (Wildman–Crippen LogP) is 4.18. The number of hydrogen-bond acceptors (Lipinski definition) is 2. The predicted molar refractivity (Wildman–Crippen MR) is 106 cm³/mol. The van der Waals surface area contributed by atoms with Gasteiger partial charge in [0.2, 0.25) is 0 Å². The third-order valence-corrected chi connectivity index (χ3v) is 3.51. The number of aliphatic imine (C=N–C) groups is 1. The fourth-order valence-corrected chi connectivity index (χ4v) is 2.33. The van der Waals surface area contributed by atoms with E-state index in [0.717, 1.165) is 15.9 Å². The van der Waals surface area contributed by atoms with Gasteiger partial charge in [0.05, 0.1) is 7.11 Å². The van der Waals surface area contributed by atoms with Crippen LogP contribution >= 0.6 is 39.9 Å². The largest absolute Gasteiger partial charge is 0.497 e. The first-order valence-electron chi connectivity index (χ1n) is 6.73. The van der Waals surface area contributed by atoms with E-state index in [4.69, 9.17) is 10.5 Å². The lowest BCUT2D eigenvalue weighted by Gasteiger charge is -2.07. The first-order chi connectivity index (χ1) is 10.6. The molecule has 0 spiro atoms. The van der Waals surface area contributed by atoms with Crippen LogP contribution in [0.15, 0.2) is 51.9 Å². The Labute approximate surface area is 160 Å². The second kappa shape index (κ2) is 9.71. The summed E-state index contributed by atoms with van der Waals surface area (Å²) in [5.74, 6) is 0.774. The van der Waals surface area contributed by atoms with E-state index in [1.54, 1.807) is 19.2 Å². The van der Waals surface area contributed by atoms with Crippen LogP contribution in [0.5, 0.6) is 5.75 Å². The second-order valence-electron chi connectivity index (χ2n) is 4.61. The van der Waals surface area contributed by atoms with E-state index in [0.29, 0.717) is 18.5 Å². The van der Waals surface area contributed by atoms with Gasteiger partial charge in [0.15, 0.2) is 5.96 Å². The zero-order valence-corrected chi connectivity index (χ0v) is 16.5. The van der Waals surface area contributed by atoms with Crippen molar-refractivity contribution in [1.82, 2.24) is 0 Å². The minimum atomic E-state index is -0.238. The molecule has 0 aliphatic rings. The van der Waals surface area contributed by atoms with Gasteiger partial charge in [-0.1, -0.05) is 22.0 Å². The summed E-state index contributed by atoms with van der Waals surface area (Å²) in [5.41, 5.74) is 7.21. The first kappa shape index (κ1) is 19.7. The van der Waals surface area contributed by atoms with Crippen molar-refractivity contribution in [2.45, 2.75) is 6.42 Å². The number of guanidine groups is 1. The Morgan fingerprint density at radius 2 is 2.09 bits per heavy atom. The van der Waals surface area contributed by atoms with Gasteiger partial charge in [-0.3, -0.25) is 4.99 Å². The standard InChI is InChI=1S/C16H17BrFN3O.HI/c1-22-14-4-2-3-13(10-14)21-16(19)20-8-7-11-9-12(17)5-6-15(11)18;/h2-6,9-10H,7-8H2,1H3,(H3,19,20,21);1H. The molecule has 0 radical (unpaired) electrons. The van der Waals surface area contributed by atoms with Crippen LogP contribution in [0.1, 0.15) is 5.56 Å². The Morgan fingerprint density at radius 1 is 1.30 bits per heavy atom. The molecular formula is C16H18BrFIN3O. The highest BCUT2D eigenvalue weighted by molar-refractivity contribution is 14.0. The molecule has 23 heavy (non-hydrogen) atoms. The van der Waals surface area contributed by atoms with E-state index in [9.17, 15) is 4.39 Å². The molecule has 0 bridgehead atoms. The molecule has 0 aromatic heterocycles. The van der Waals surface area contributed by atoms with Gasteiger partial charge in [0, 0.05) is 22.8 Å². The maximum absolute atomic E-state index is 13.6. The van der Waals surface area contributed by atoms with E-state index in [2.05, 4.69) is 26.2 Å². The smallest absolute Gasteiger partial charge is 0.193 e. The minimum absolute atomic E-state index is 0. The van der Waals surface area contributed by atoms with E-state index in [1.807, 2.05) is 24.3 Å². The van der Waals surface area contributed by atoms with Crippen molar-refractivity contribution in [3.8, 4) is 5.75 Å². The summed E-state index contributed by atoms with van der Waals surface area (Å²) in [6.07, 6.45) is 0.478. The third kappa shape index (κ3) is 6.34.